The molecule has 0 saturated heterocycles. The Bertz CT molecular complexity index is 827. The average Bonchev–Trinajstić information content (AvgIpc) is 2.66. The van der Waals surface area contributed by atoms with Crippen molar-refractivity contribution in [2.75, 3.05) is 20.3 Å². The zero-order valence-corrected chi connectivity index (χ0v) is 15.9. The first-order valence-corrected chi connectivity index (χ1v) is 8.67. The summed E-state index contributed by atoms with van der Waals surface area (Å²) < 4.78 is 16.9. The van der Waals surface area contributed by atoms with E-state index in [0.29, 0.717) is 24.7 Å². The minimum absolute atomic E-state index is 0.177. The van der Waals surface area contributed by atoms with E-state index in [2.05, 4.69) is 12.2 Å². The topological polar surface area (TPSA) is 80.6 Å². The zero-order chi connectivity index (χ0) is 19.6. The number of nitriles is 1. The highest BCUT2D eigenvalue weighted by Crippen LogP contribution is 2.31. The molecule has 0 fully saturated rings. The van der Waals surface area contributed by atoms with Gasteiger partial charge in [-0.15, -0.1) is 0 Å². The van der Waals surface area contributed by atoms with E-state index in [4.69, 9.17) is 19.5 Å². The van der Waals surface area contributed by atoms with Gasteiger partial charge in [-0.2, -0.15) is 5.26 Å². The second kappa shape index (κ2) is 10.1. The molecule has 1 amide bonds. The predicted molar refractivity (Wildman–Crippen MR) is 102 cm³/mol. The standard InChI is InChI=1S/C21H24N2O4/c1-15-7-8-18(13-16(15)2)26-11-12-27-21-17(5-4-6-19(21)25-3)14-23-20(24)9-10-22/h4-8,13H,9,11-12,14H2,1-3H3,(H,23,24). The first-order chi connectivity index (χ1) is 13.0. The van der Waals surface area contributed by atoms with E-state index >= 15 is 0 Å². The fourth-order valence-electron chi connectivity index (χ4n) is 2.46. The highest BCUT2D eigenvalue weighted by atomic mass is 16.5. The van der Waals surface area contributed by atoms with Crippen LogP contribution in [-0.2, 0) is 11.3 Å². The van der Waals surface area contributed by atoms with Gasteiger partial charge in [0.05, 0.1) is 13.2 Å². The molecule has 0 spiro atoms. The minimum Gasteiger partial charge on any atom is -0.493 e. The third kappa shape index (κ3) is 5.93. The molecule has 0 heterocycles. The zero-order valence-electron chi connectivity index (χ0n) is 15.9. The molecule has 0 aliphatic carbocycles. The first-order valence-electron chi connectivity index (χ1n) is 8.67. The van der Waals surface area contributed by atoms with Crippen LogP contribution >= 0.6 is 0 Å². The van der Waals surface area contributed by atoms with Crippen LogP contribution in [0.4, 0.5) is 0 Å². The number of carbonyl (C=O) groups is 1. The van der Waals surface area contributed by atoms with Crippen molar-refractivity contribution >= 4 is 5.91 Å². The molecule has 6 heteroatoms. The Labute approximate surface area is 159 Å². The van der Waals surface area contributed by atoms with Crippen LogP contribution in [0.3, 0.4) is 0 Å². The summed E-state index contributed by atoms with van der Waals surface area (Å²) in [6, 6.07) is 13.2. The Morgan fingerprint density at radius 2 is 1.89 bits per heavy atom. The number of para-hydroxylation sites is 1. The maximum Gasteiger partial charge on any atom is 0.234 e. The number of methoxy groups -OCH3 is 1. The van der Waals surface area contributed by atoms with Crippen LogP contribution in [0.25, 0.3) is 0 Å². The predicted octanol–water partition coefficient (Wildman–Crippen LogP) is 3.30. The van der Waals surface area contributed by atoms with Crippen molar-refractivity contribution in [1.82, 2.24) is 5.32 Å². The number of rotatable bonds is 9. The molecule has 2 rings (SSSR count). The number of aryl methyl sites for hydroxylation is 2. The van der Waals surface area contributed by atoms with Gasteiger partial charge < -0.3 is 19.5 Å². The van der Waals surface area contributed by atoms with Crippen LogP contribution in [0, 0.1) is 25.2 Å². The molecule has 0 saturated carbocycles. The Kier molecular flexibility index (Phi) is 7.50. The fraction of sp³-hybridized carbons (Fsp3) is 0.333. The molecule has 6 nitrogen and oxygen atoms in total. The van der Waals surface area contributed by atoms with Crippen molar-refractivity contribution in [3.63, 3.8) is 0 Å². The molecule has 0 aromatic heterocycles. The van der Waals surface area contributed by atoms with Gasteiger partial charge in [0.1, 0.15) is 25.4 Å². The molecule has 0 atom stereocenters. The first kappa shape index (κ1) is 20.1. The number of carbonyl (C=O) groups excluding carboxylic acids is 1. The van der Waals surface area contributed by atoms with E-state index < -0.39 is 0 Å². The second-order valence-corrected chi connectivity index (χ2v) is 6.00. The third-order valence-electron chi connectivity index (χ3n) is 4.07. The molecule has 0 radical (unpaired) electrons. The summed E-state index contributed by atoms with van der Waals surface area (Å²) in [5.74, 6) is 1.60. The smallest absolute Gasteiger partial charge is 0.234 e. The molecular weight excluding hydrogens is 344 g/mol. The van der Waals surface area contributed by atoms with E-state index in [9.17, 15) is 4.79 Å². The summed E-state index contributed by atoms with van der Waals surface area (Å²) >= 11 is 0. The lowest BCUT2D eigenvalue weighted by molar-refractivity contribution is -0.120. The summed E-state index contributed by atoms with van der Waals surface area (Å²) in [4.78, 5) is 11.5. The van der Waals surface area contributed by atoms with Gasteiger partial charge in [-0.3, -0.25) is 4.79 Å². The number of benzene rings is 2. The van der Waals surface area contributed by atoms with E-state index in [0.717, 1.165) is 11.3 Å². The van der Waals surface area contributed by atoms with E-state index in [-0.39, 0.29) is 18.9 Å². The molecule has 1 N–H and O–H groups in total. The van der Waals surface area contributed by atoms with Gasteiger partial charge in [-0.05, 0) is 43.2 Å². The highest BCUT2D eigenvalue weighted by molar-refractivity contribution is 5.78. The SMILES string of the molecule is COc1cccc(CNC(=O)CC#N)c1OCCOc1ccc(C)c(C)c1. The van der Waals surface area contributed by atoms with Gasteiger partial charge in [0.15, 0.2) is 11.5 Å². The number of nitrogens with zero attached hydrogens (tertiary/aromatic N) is 1. The minimum atomic E-state index is -0.329. The highest BCUT2D eigenvalue weighted by Gasteiger charge is 2.12. The lowest BCUT2D eigenvalue weighted by Gasteiger charge is -2.16. The quantitative estimate of drug-likeness (QED) is 0.687. The lowest BCUT2D eigenvalue weighted by Crippen LogP contribution is -2.22. The summed E-state index contributed by atoms with van der Waals surface area (Å²) in [5.41, 5.74) is 3.16. The second-order valence-electron chi connectivity index (χ2n) is 6.00. The Hall–Kier alpha value is -3.20. The maximum atomic E-state index is 11.5. The van der Waals surface area contributed by atoms with Crippen LogP contribution < -0.4 is 19.5 Å². The normalized spacial score (nSPS) is 10.0. The molecule has 0 bridgehead atoms. The van der Waals surface area contributed by atoms with Gasteiger partial charge in [0.25, 0.3) is 0 Å². The molecule has 2 aromatic carbocycles. The van der Waals surface area contributed by atoms with Gasteiger partial charge in [-0.1, -0.05) is 18.2 Å². The Morgan fingerprint density at radius 3 is 2.59 bits per heavy atom. The largest absolute Gasteiger partial charge is 0.493 e. The molecule has 0 aliphatic heterocycles. The summed E-state index contributed by atoms with van der Waals surface area (Å²) in [5, 5.41) is 11.3. The maximum absolute atomic E-state index is 11.5. The fourth-order valence-corrected chi connectivity index (χ4v) is 2.46. The molecular formula is C21H24N2O4. The van der Waals surface area contributed by atoms with Crippen LogP contribution in [-0.4, -0.2) is 26.2 Å². The third-order valence-corrected chi connectivity index (χ3v) is 4.07. The molecule has 0 unspecified atom stereocenters. The monoisotopic (exact) mass is 368 g/mol. The van der Waals surface area contributed by atoms with Crippen molar-refractivity contribution in [1.29, 1.82) is 5.26 Å². The molecule has 27 heavy (non-hydrogen) atoms. The van der Waals surface area contributed by atoms with Crippen LogP contribution in [0.2, 0.25) is 0 Å². The van der Waals surface area contributed by atoms with Gasteiger partial charge >= 0.3 is 0 Å². The van der Waals surface area contributed by atoms with Crippen LogP contribution in [0.1, 0.15) is 23.1 Å². The van der Waals surface area contributed by atoms with Gasteiger partial charge in [0.2, 0.25) is 5.91 Å². The van der Waals surface area contributed by atoms with Crippen molar-refractivity contribution in [2.24, 2.45) is 0 Å². The van der Waals surface area contributed by atoms with Crippen molar-refractivity contribution in [3.8, 4) is 23.3 Å². The number of nitrogens with one attached hydrogen (secondary N) is 1. The van der Waals surface area contributed by atoms with E-state index in [1.807, 2.05) is 43.3 Å². The molecule has 0 aliphatic rings. The van der Waals surface area contributed by atoms with E-state index in [1.54, 1.807) is 13.2 Å². The Morgan fingerprint density at radius 1 is 1.11 bits per heavy atom. The van der Waals surface area contributed by atoms with Crippen molar-refractivity contribution in [2.45, 2.75) is 26.8 Å². The van der Waals surface area contributed by atoms with E-state index in [1.165, 1.54) is 11.1 Å². The van der Waals surface area contributed by atoms with Crippen molar-refractivity contribution < 1.29 is 19.0 Å². The molecule has 2 aromatic rings. The summed E-state index contributed by atoms with van der Waals surface area (Å²) in [6.07, 6.45) is -0.177. The Balaban J connectivity index is 1.96. The number of amides is 1. The van der Waals surface area contributed by atoms with Crippen molar-refractivity contribution in [3.05, 3.63) is 53.1 Å². The number of ether oxygens (including phenoxy) is 3. The van der Waals surface area contributed by atoms with Gasteiger partial charge in [-0.25, -0.2) is 0 Å². The van der Waals surface area contributed by atoms with Crippen LogP contribution in [0.5, 0.6) is 17.2 Å². The number of hydrogen-bond donors (Lipinski definition) is 1. The average molecular weight is 368 g/mol. The molecule has 142 valence electrons. The summed E-state index contributed by atoms with van der Waals surface area (Å²) in [7, 11) is 1.56. The summed E-state index contributed by atoms with van der Waals surface area (Å²) in [6.45, 7) is 5.06. The van der Waals surface area contributed by atoms with Gasteiger partial charge in [0, 0.05) is 12.1 Å². The van der Waals surface area contributed by atoms with Crippen LogP contribution in [0.15, 0.2) is 36.4 Å². The lowest BCUT2D eigenvalue weighted by atomic mass is 10.1. The number of hydrogen-bond acceptors (Lipinski definition) is 5.